The lowest BCUT2D eigenvalue weighted by Gasteiger charge is -2.19. The lowest BCUT2D eigenvalue weighted by Crippen LogP contribution is -2.34. The highest BCUT2D eigenvalue weighted by Crippen LogP contribution is 2.17. The number of hydrogen-bond donors (Lipinski definition) is 3. The van der Waals surface area contributed by atoms with Crippen LogP contribution in [0.5, 0.6) is 0 Å². The van der Waals surface area contributed by atoms with Gasteiger partial charge in [0.15, 0.2) is 0 Å². The van der Waals surface area contributed by atoms with Crippen LogP contribution >= 0.6 is 0 Å². The predicted octanol–water partition coefficient (Wildman–Crippen LogP) is 2.48. The maximum atomic E-state index is 12.4. The molecule has 0 heterocycles. The molecule has 4 nitrogen and oxygen atoms in total. The Morgan fingerprint density at radius 2 is 1.78 bits per heavy atom. The van der Waals surface area contributed by atoms with Crippen molar-refractivity contribution in [3.8, 4) is 0 Å². The smallest absolute Gasteiger partial charge is 0.316 e. The third kappa shape index (κ3) is 4.29. The first kappa shape index (κ1) is 14.4. The number of alkyl halides is 2. The van der Waals surface area contributed by atoms with E-state index >= 15 is 0 Å². The van der Waals surface area contributed by atoms with Gasteiger partial charge in [0.25, 0.3) is 6.43 Å². The van der Waals surface area contributed by atoms with Crippen LogP contribution in [-0.4, -0.2) is 18.5 Å². The maximum Gasteiger partial charge on any atom is 0.316 e. The standard InChI is InChI=1S/C12H17F2N3O/c1-7(16-8(2)11(13)14)9-3-5-10(6-4-9)17-12(15)18/h3-8,11,16H,1-2H3,(H3,15,17,18). The molecule has 0 aliphatic heterocycles. The Hall–Kier alpha value is -1.69. The van der Waals surface area contributed by atoms with E-state index in [0.29, 0.717) is 5.69 Å². The van der Waals surface area contributed by atoms with Crippen molar-refractivity contribution >= 4 is 11.7 Å². The molecule has 4 N–H and O–H groups in total. The van der Waals surface area contributed by atoms with Crippen LogP contribution in [0.4, 0.5) is 19.3 Å². The van der Waals surface area contributed by atoms with Gasteiger partial charge < -0.3 is 16.4 Å². The van der Waals surface area contributed by atoms with Crippen molar-refractivity contribution < 1.29 is 13.6 Å². The number of anilines is 1. The summed E-state index contributed by atoms with van der Waals surface area (Å²) in [6, 6.07) is 5.14. The van der Waals surface area contributed by atoms with Gasteiger partial charge in [-0.2, -0.15) is 0 Å². The van der Waals surface area contributed by atoms with Crippen LogP contribution in [0.15, 0.2) is 24.3 Å². The summed E-state index contributed by atoms with van der Waals surface area (Å²) < 4.78 is 24.8. The van der Waals surface area contributed by atoms with Gasteiger partial charge in [-0.05, 0) is 31.5 Å². The van der Waals surface area contributed by atoms with Gasteiger partial charge in [0.1, 0.15) is 0 Å². The summed E-state index contributed by atoms with van der Waals surface area (Å²) in [5.41, 5.74) is 6.40. The minimum absolute atomic E-state index is 0.198. The van der Waals surface area contributed by atoms with Gasteiger partial charge in [-0.3, -0.25) is 0 Å². The summed E-state index contributed by atoms with van der Waals surface area (Å²) >= 11 is 0. The molecule has 100 valence electrons. The van der Waals surface area contributed by atoms with Crippen molar-refractivity contribution in [2.75, 3.05) is 5.32 Å². The van der Waals surface area contributed by atoms with Gasteiger partial charge in [0.05, 0.1) is 6.04 Å². The molecule has 6 heteroatoms. The molecule has 0 fully saturated rings. The summed E-state index contributed by atoms with van der Waals surface area (Å²) in [5, 5.41) is 5.22. The van der Waals surface area contributed by atoms with E-state index in [1.807, 2.05) is 0 Å². The Morgan fingerprint density at radius 1 is 1.22 bits per heavy atom. The summed E-state index contributed by atoms with van der Waals surface area (Å²) in [7, 11) is 0. The van der Waals surface area contributed by atoms with E-state index in [1.165, 1.54) is 6.92 Å². The van der Waals surface area contributed by atoms with E-state index in [0.717, 1.165) is 5.56 Å². The number of carbonyl (C=O) groups excluding carboxylic acids is 1. The third-order valence-corrected chi connectivity index (χ3v) is 2.57. The largest absolute Gasteiger partial charge is 0.351 e. The second-order valence-electron chi connectivity index (χ2n) is 4.12. The molecule has 2 atom stereocenters. The van der Waals surface area contributed by atoms with Gasteiger partial charge in [0, 0.05) is 11.7 Å². The van der Waals surface area contributed by atoms with Crippen LogP contribution < -0.4 is 16.4 Å². The molecule has 2 amide bonds. The summed E-state index contributed by atoms with van der Waals surface area (Å²) in [4.78, 5) is 10.6. The average Bonchev–Trinajstić information content (AvgIpc) is 2.28. The Labute approximate surface area is 105 Å². The first-order valence-corrected chi connectivity index (χ1v) is 5.60. The first-order valence-electron chi connectivity index (χ1n) is 5.60. The fraction of sp³-hybridized carbons (Fsp3) is 0.417. The van der Waals surface area contributed by atoms with Crippen molar-refractivity contribution in [2.24, 2.45) is 5.73 Å². The number of nitrogens with two attached hydrogens (primary N) is 1. The number of carbonyl (C=O) groups is 1. The molecule has 0 aliphatic rings. The number of hydrogen-bond acceptors (Lipinski definition) is 2. The van der Waals surface area contributed by atoms with Gasteiger partial charge in [-0.15, -0.1) is 0 Å². The Balaban J connectivity index is 2.64. The van der Waals surface area contributed by atoms with Crippen molar-refractivity contribution in [2.45, 2.75) is 32.4 Å². The summed E-state index contributed by atoms with van der Waals surface area (Å²) in [5.74, 6) is 0. The topological polar surface area (TPSA) is 67.2 Å². The van der Waals surface area contributed by atoms with Crippen LogP contribution in [-0.2, 0) is 0 Å². The molecule has 0 bridgehead atoms. The second kappa shape index (κ2) is 6.30. The second-order valence-corrected chi connectivity index (χ2v) is 4.12. The molecule has 2 unspecified atom stereocenters. The fourth-order valence-electron chi connectivity index (χ4n) is 1.56. The zero-order valence-electron chi connectivity index (χ0n) is 10.3. The van der Waals surface area contributed by atoms with E-state index in [4.69, 9.17) is 5.73 Å². The molecule has 0 aromatic heterocycles. The average molecular weight is 257 g/mol. The third-order valence-electron chi connectivity index (χ3n) is 2.57. The summed E-state index contributed by atoms with van der Waals surface area (Å²) in [6.07, 6.45) is -2.40. The van der Waals surface area contributed by atoms with E-state index in [9.17, 15) is 13.6 Å². The lowest BCUT2D eigenvalue weighted by molar-refractivity contribution is 0.101. The van der Waals surface area contributed by atoms with Crippen LogP contribution in [0, 0.1) is 0 Å². The quantitative estimate of drug-likeness (QED) is 0.758. The zero-order valence-corrected chi connectivity index (χ0v) is 10.3. The van der Waals surface area contributed by atoms with Crippen LogP contribution in [0.25, 0.3) is 0 Å². The van der Waals surface area contributed by atoms with E-state index < -0.39 is 18.5 Å². The van der Waals surface area contributed by atoms with E-state index in [1.54, 1.807) is 31.2 Å². The highest BCUT2D eigenvalue weighted by atomic mass is 19.3. The normalized spacial score (nSPS) is 14.3. The maximum absolute atomic E-state index is 12.4. The highest BCUT2D eigenvalue weighted by Gasteiger charge is 2.17. The molecule has 0 saturated heterocycles. The molecule has 0 aliphatic carbocycles. The van der Waals surface area contributed by atoms with Gasteiger partial charge in [0.2, 0.25) is 0 Å². The lowest BCUT2D eigenvalue weighted by atomic mass is 10.1. The summed E-state index contributed by atoms with van der Waals surface area (Å²) in [6.45, 7) is 3.24. The number of nitrogens with one attached hydrogen (secondary N) is 2. The highest BCUT2D eigenvalue weighted by molar-refractivity contribution is 5.87. The monoisotopic (exact) mass is 257 g/mol. The van der Waals surface area contributed by atoms with Crippen LogP contribution in [0.1, 0.15) is 25.5 Å². The molecule has 1 aromatic rings. The zero-order chi connectivity index (χ0) is 13.7. The number of benzene rings is 1. The molecule has 0 radical (unpaired) electrons. The molecule has 1 rings (SSSR count). The molecular weight excluding hydrogens is 240 g/mol. The predicted molar refractivity (Wildman–Crippen MR) is 66.7 cm³/mol. The van der Waals surface area contributed by atoms with Crippen molar-refractivity contribution in [3.05, 3.63) is 29.8 Å². The van der Waals surface area contributed by atoms with E-state index in [-0.39, 0.29) is 6.04 Å². The van der Waals surface area contributed by atoms with Crippen molar-refractivity contribution in [1.29, 1.82) is 0 Å². The fourth-order valence-corrected chi connectivity index (χ4v) is 1.56. The minimum atomic E-state index is -2.40. The Bertz CT molecular complexity index is 395. The van der Waals surface area contributed by atoms with Crippen molar-refractivity contribution in [3.63, 3.8) is 0 Å². The van der Waals surface area contributed by atoms with Gasteiger partial charge in [-0.25, -0.2) is 13.6 Å². The first-order chi connectivity index (χ1) is 8.40. The molecule has 0 spiro atoms. The minimum Gasteiger partial charge on any atom is -0.351 e. The number of halogens is 2. The van der Waals surface area contributed by atoms with E-state index in [2.05, 4.69) is 10.6 Å². The Kier molecular flexibility index (Phi) is 5.03. The molecule has 18 heavy (non-hydrogen) atoms. The van der Waals surface area contributed by atoms with Gasteiger partial charge in [-0.1, -0.05) is 12.1 Å². The number of primary amides is 1. The molecule has 1 aromatic carbocycles. The SMILES string of the molecule is CC(NC(C)C(F)F)c1ccc(NC(N)=O)cc1. The molecule has 0 saturated carbocycles. The number of urea groups is 1. The van der Waals surface area contributed by atoms with Gasteiger partial charge >= 0.3 is 6.03 Å². The van der Waals surface area contributed by atoms with Crippen molar-refractivity contribution in [1.82, 2.24) is 5.32 Å². The Morgan fingerprint density at radius 3 is 2.22 bits per heavy atom. The van der Waals surface area contributed by atoms with Crippen LogP contribution in [0.2, 0.25) is 0 Å². The number of amides is 2. The number of rotatable bonds is 5. The molecular formula is C12H17F2N3O. The van der Waals surface area contributed by atoms with Crippen LogP contribution in [0.3, 0.4) is 0 Å².